The predicted molar refractivity (Wildman–Crippen MR) is 79.0 cm³/mol. The molecule has 1 aliphatic rings. The molecule has 1 aliphatic carbocycles. The van der Waals surface area contributed by atoms with Crippen LogP contribution in [0.5, 0.6) is 0 Å². The Labute approximate surface area is 123 Å². The summed E-state index contributed by atoms with van der Waals surface area (Å²) in [7, 11) is 0. The summed E-state index contributed by atoms with van der Waals surface area (Å²) in [5.74, 6) is 0.654. The Hall–Kier alpha value is -1.62. The maximum absolute atomic E-state index is 6.24. The quantitative estimate of drug-likeness (QED) is 0.680. The van der Waals surface area contributed by atoms with Crippen LogP contribution in [0.1, 0.15) is 30.5 Å². The van der Waals surface area contributed by atoms with Crippen molar-refractivity contribution in [3.63, 3.8) is 0 Å². The molecule has 0 bridgehead atoms. The van der Waals surface area contributed by atoms with Crippen molar-refractivity contribution in [2.75, 3.05) is 11.9 Å². The van der Waals surface area contributed by atoms with Gasteiger partial charge in [-0.3, -0.25) is 0 Å². The van der Waals surface area contributed by atoms with Gasteiger partial charge in [0.2, 0.25) is 5.95 Å². The average Bonchev–Trinajstić information content (AvgIpc) is 2.97. The van der Waals surface area contributed by atoms with Crippen LogP contribution in [0, 0.1) is 0 Å². The zero-order chi connectivity index (χ0) is 13.8. The molecular formula is C14H18ClN5. The molecule has 0 aromatic carbocycles. The third kappa shape index (κ3) is 3.10. The summed E-state index contributed by atoms with van der Waals surface area (Å²) in [4.78, 5) is 12.9. The zero-order valence-electron chi connectivity index (χ0n) is 11.3. The highest BCUT2D eigenvalue weighted by molar-refractivity contribution is 6.30. The number of halogens is 1. The fourth-order valence-corrected chi connectivity index (χ4v) is 2.79. The zero-order valence-corrected chi connectivity index (χ0v) is 12.1. The largest absolute Gasteiger partial charge is 0.354 e. The van der Waals surface area contributed by atoms with Gasteiger partial charge in [-0.2, -0.15) is 0 Å². The summed E-state index contributed by atoms with van der Waals surface area (Å²) in [6.07, 6.45) is 11.0. The van der Waals surface area contributed by atoms with Crippen molar-refractivity contribution in [3.05, 3.63) is 35.1 Å². The second-order valence-electron chi connectivity index (χ2n) is 5.05. The van der Waals surface area contributed by atoms with Crippen molar-refractivity contribution in [3.8, 4) is 0 Å². The van der Waals surface area contributed by atoms with Gasteiger partial charge in [0.15, 0.2) is 0 Å². The lowest BCUT2D eigenvalue weighted by Crippen LogP contribution is -2.13. The van der Waals surface area contributed by atoms with E-state index in [9.17, 15) is 0 Å². The average molecular weight is 292 g/mol. The van der Waals surface area contributed by atoms with Crippen LogP contribution < -0.4 is 5.32 Å². The monoisotopic (exact) mass is 291 g/mol. The van der Waals surface area contributed by atoms with Gasteiger partial charge in [0.25, 0.3) is 0 Å². The minimum Gasteiger partial charge on any atom is -0.354 e. The Balaban J connectivity index is 1.56. The number of aryl methyl sites for hydroxylation is 2. The standard InChI is InChI=1S/C14H18ClN5/c15-13-11-4-1-2-5-12(11)18-14(19-13)17-6-3-8-20-9-7-16-10-20/h7,9-10H,1-6,8H2,(H,17,18,19). The van der Waals surface area contributed by atoms with Gasteiger partial charge in [0, 0.05) is 31.0 Å². The molecule has 20 heavy (non-hydrogen) atoms. The normalized spacial score (nSPS) is 14.1. The molecule has 0 atom stereocenters. The molecule has 0 radical (unpaired) electrons. The molecule has 5 nitrogen and oxygen atoms in total. The molecule has 0 aliphatic heterocycles. The maximum atomic E-state index is 6.24. The highest BCUT2D eigenvalue weighted by Gasteiger charge is 2.16. The molecule has 6 heteroatoms. The van der Waals surface area contributed by atoms with Gasteiger partial charge in [-0.25, -0.2) is 15.0 Å². The summed E-state index contributed by atoms with van der Waals surface area (Å²) in [5, 5.41) is 3.88. The molecule has 3 rings (SSSR count). The molecule has 0 spiro atoms. The van der Waals surface area contributed by atoms with Crippen LogP contribution in [-0.2, 0) is 19.4 Å². The van der Waals surface area contributed by atoms with E-state index in [1.807, 2.05) is 12.5 Å². The molecule has 1 N–H and O–H groups in total. The number of hydrogen-bond donors (Lipinski definition) is 1. The first-order valence-corrected chi connectivity index (χ1v) is 7.45. The summed E-state index contributed by atoms with van der Waals surface area (Å²) >= 11 is 6.24. The van der Waals surface area contributed by atoms with E-state index in [1.54, 1.807) is 6.20 Å². The van der Waals surface area contributed by atoms with Crippen LogP contribution in [-0.4, -0.2) is 26.1 Å². The van der Waals surface area contributed by atoms with E-state index in [4.69, 9.17) is 11.6 Å². The predicted octanol–water partition coefficient (Wildman–Crippen LogP) is 2.71. The van der Waals surface area contributed by atoms with Crippen molar-refractivity contribution >= 4 is 17.5 Å². The van der Waals surface area contributed by atoms with E-state index in [0.29, 0.717) is 11.1 Å². The SMILES string of the molecule is Clc1nc(NCCCn2ccnc2)nc2c1CCCC2. The first kappa shape index (κ1) is 13.4. The van der Waals surface area contributed by atoms with E-state index in [-0.39, 0.29) is 0 Å². The van der Waals surface area contributed by atoms with Gasteiger partial charge in [-0.1, -0.05) is 11.6 Å². The van der Waals surface area contributed by atoms with E-state index < -0.39 is 0 Å². The second kappa shape index (κ2) is 6.22. The van der Waals surface area contributed by atoms with Gasteiger partial charge >= 0.3 is 0 Å². The molecule has 2 aromatic rings. The van der Waals surface area contributed by atoms with Crippen molar-refractivity contribution in [1.29, 1.82) is 0 Å². The Morgan fingerprint density at radius 1 is 1.25 bits per heavy atom. The summed E-state index contributed by atoms with van der Waals surface area (Å²) in [6.45, 7) is 1.76. The van der Waals surface area contributed by atoms with Crippen LogP contribution in [0.2, 0.25) is 5.15 Å². The van der Waals surface area contributed by atoms with Crippen molar-refractivity contribution in [1.82, 2.24) is 19.5 Å². The van der Waals surface area contributed by atoms with Gasteiger partial charge < -0.3 is 9.88 Å². The van der Waals surface area contributed by atoms with E-state index >= 15 is 0 Å². The van der Waals surface area contributed by atoms with Crippen LogP contribution in [0.4, 0.5) is 5.95 Å². The van der Waals surface area contributed by atoms with Crippen LogP contribution >= 0.6 is 11.6 Å². The third-order valence-corrected chi connectivity index (χ3v) is 3.88. The summed E-state index contributed by atoms with van der Waals surface area (Å²) in [5.41, 5.74) is 2.26. The lowest BCUT2D eigenvalue weighted by Gasteiger charge is -2.16. The fraction of sp³-hybridized carbons (Fsp3) is 0.500. The molecule has 0 saturated heterocycles. The lowest BCUT2D eigenvalue weighted by molar-refractivity contribution is 0.652. The number of fused-ring (bicyclic) bond motifs is 1. The molecule has 106 valence electrons. The smallest absolute Gasteiger partial charge is 0.224 e. The van der Waals surface area contributed by atoms with Gasteiger partial charge in [-0.15, -0.1) is 0 Å². The van der Waals surface area contributed by atoms with Crippen molar-refractivity contribution in [2.24, 2.45) is 0 Å². The minimum absolute atomic E-state index is 0.617. The first-order chi connectivity index (χ1) is 9.83. The molecular weight excluding hydrogens is 274 g/mol. The maximum Gasteiger partial charge on any atom is 0.224 e. The number of aromatic nitrogens is 4. The molecule has 0 amide bonds. The Morgan fingerprint density at radius 3 is 3.00 bits per heavy atom. The second-order valence-corrected chi connectivity index (χ2v) is 5.41. The van der Waals surface area contributed by atoms with Gasteiger partial charge in [0.1, 0.15) is 5.15 Å². The number of anilines is 1. The van der Waals surface area contributed by atoms with E-state index in [2.05, 4.69) is 24.8 Å². The van der Waals surface area contributed by atoms with E-state index in [1.165, 1.54) is 12.8 Å². The van der Waals surface area contributed by atoms with Crippen LogP contribution in [0.3, 0.4) is 0 Å². The molecule has 0 saturated carbocycles. The highest BCUT2D eigenvalue weighted by Crippen LogP contribution is 2.26. The van der Waals surface area contributed by atoms with Crippen molar-refractivity contribution < 1.29 is 0 Å². The molecule has 0 unspecified atom stereocenters. The number of hydrogen-bond acceptors (Lipinski definition) is 4. The highest BCUT2D eigenvalue weighted by atomic mass is 35.5. The third-order valence-electron chi connectivity index (χ3n) is 3.57. The first-order valence-electron chi connectivity index (χ1n) is 7.08. The summed E-state index contributed by atoms with van der Waals surface area (Å²) in [6, 6.07) is 0. The van der Waals surface area contributed by atoms with E-state index in [0.717, 1.165) is 43.6 Å². The number of nitrogens with zero attached hydrogens (tertiary/aromatic N) is 4. The minimum atomic E-state index is 0.617. The van der Waals surface area contributed by atoms with Crippen LogP contribution in [0.25, 0.3) is 0 Å². The van der Waals surface area contributed by atoms with Crippen molar-refractivity contribution in [2.45, 2.75) is 38.6 Å². The number of rotatable bonds is 5. The number of nitrogens with one attached hydrogen (secondary N) is 1. The topological polar surface area (TPSA) is 55.6 Å². The fourth-order valence-electron chi connectivity index (χ4n) is 2.51. The number of imidazole rings is 1. The van der Waals surface area contributed by atoms with Crippen LogP contribution in [0.15, 0.2) is 18.7 Å². The molecule has 2 heterocycles. The van der Waals surface area contributed by atoms with Gasteiger partial charge in [-0.05, 0) is 32.1 Å². The Kier molecular flexibility index (Phi) is 4.16. The Morgan fingerprint density at radius 2 is 2.15 bits per heavy atom. The summed E-state index contributed by atoms with van der Waals surface area (Å²) < 4.78 is 2.06. The molecule has 0 fully saturated rings. The Bertz CT molecular complexity index is 567. The van der Waals surface area contributed by atoms with Gasteiger partial charge in [0.05, 0.1) is 12.0 Å². The molecule has 2 aromatic heterocycles. The lowest BCUT2D eigenvalue weighted by atomic mass is 9.97.